The fourth-order valence-electron chi connectivity index (χ4n) is 5.42. The summed E-state index contributed by atoms with van der Waals surface area (Å²) in [5.41, 5.74) is -0.874. The highest BCUT2D eigenvalue weighted by molar-refractivity contribution is 5.94. The van der Waals surface area contributed by atoms with E-state index >= 15 is 0 Å². The molecular formula is C29H26F3N7O3. The van der Waals surface area contributed by atoms with Crippen LogP contribution in [-0.2, 0) is 12.7 Å². The molecule has 1 fully saturated rings. The first-order valence-corrected chi connectivity index (χ1v) is 13.3. The van der Waals surface area contributed by atoms with E-state index in [1.165, 1.54) is 4.90 Å². The van der Waals surface area contributed by atoms with E-state index in [2.05, 4.69) is 15.1 Å². The Hall–Kier alpha value is -4.94. The van der Waals surface area contributed by atoms with Gasteiger partial charge in [-0.2, -0.15) is 18.3 Å². The number of rotatable bonds is 6. The molecule has 0 bridgehead atoms. The molecule has 4 aromatic rings. The summed E-state index contributed by atoms with van der Waals surface area (Å²) in [6, 6.07) is 15.1. The maximum Gasteiger partial charge on any atom is 0.423 e. The number of anilines is 2. The van der Waals surface area contributed by atoms with Gasteiger partial charge in [0.25, 0.3) is 11.5 Å². The van der Waals surface area contributed by atoms with E-state index in [1.807, 2.05) is 28.2 Å². The van der Waals surface area contributed by atoms with Gasteiger partial charge in [0, 0.05) is 50.7 Å². The Balaban J connectivity index is 1.18. The number of ether oxygens (including phenoxy) is 1. The van der Waals surface area contributed by atoms with Crippen LogP contribution in [0.2, 0.25) is 0 Å². The van der Waals surface area contributed by atoms with Gasteiger partial charge in [-0.25, -0.2) is 15.1 Å². The molecule has 1 saturated heterocycles. The number of nitrogens with zero attached hydrogens (tertiary/aromatic N) is 6. The highest BCUT2D eigenvalue weighted by Gasteiger charge is 2.42. The van der Waals surface area contributed by atoms with Crippen molar-refractivity contribution in [1.82, 2.24) is 25.1 Å². The van der Waals surface area contributed by atoms with Crippen LogP contribution in [0.3, 0.4) is 0 Å². The molecule has 1 amide bonds. The minimum absolute atomic E-state index is 0.0193. The van der Waals surface area contributed by atoms with Crippen LogP contribution >= 0.6 is 0 Å². The Kier molecular flexibility index (Phi) is 7.23. The third-order valence-electron chi connectivity index (χ3n) is 7.45. The van der Waals surface area contributed by atoms with Crippen LogP contribution in [0.5, 0.6) is 5.75 Å². The molecule has 0 aliphatic carbocycles. The zero-order valence-corrected chi connectivity index (χ0v) is 22.3. The van der Waals surface area contributed by atoms with Gasteiger partial charge in [-0.05, 0) is 35.4 Å². The maximum absolute atomic E-state index is 13.9. The molecule has 13 heteroatoms. The number of carbonyl (C=O) groups is 1. The normalized spacial score (nSPS) is 16.8. The van der Waals surface area contributed by atoms with E-state index in [9.17, 15) is 22.8 Å². The summed E-state index contributed by atoms with van der Waals surface area (Å²) in [5.74, 6) is 0.883. The van der Waals surface area contributed by atoms with Gasteiger partial charge in [0.15, 0.2) is 0 Å². The molecule has 42 heavy (non-hydrogen) atoms. The molecular weight excluding hydrogens is 551 g/mol. The molecule has 0 radical (unpaired) electrons. The summed E-state index contributed by atoms with van der Waals surface area (Å²) in [7, 11) is 0. The van der Waals surface area contributed by atoms with Crippen molar-refractivity contribution >= 4 is 17.5 Å². The quantitative estimate of drug-likeness (QED) is 0.370. The molecule has 2 aromatic heterocycles. The van der Waals surface area contributed by atoms with E-state index in [0.29, 0.717) is 43.4 Å². The average molecular weight is 578 g/mol. The average Bonchev–Trinajstić information content (AvgIpc) is 3.38. The third kappa shape index (κ3) is 5.37. The van der Waals surface area contributed by atoms with Crippen molar-refractivity contribution in [3.05, 3.63) is 106 Å². The lowest BCUT2D eigenvalue weighted by molar-refractivity contribution is -0.138. The van der Waals surface area contributed by atoms with Crippen molar-refractivity contribution in [2.24, 2.45) is 0 Å². The third-order valence-corrected chi connectivity index (χ3v) is 7.45. The second-order valence-electron chi connectivity index (χ2n) is 9.97. The lowest BCUT2D eigenvalue weighted by Crippen LogP contribution is -2.49. The van der Waals surface area contributed by atoms with Gasteiger partial charge in [0.2, 0.25) is 5.95 Å². The van der Waals surface area contributed by atoms with Crippen molar-refractivity contribution in [3.8, 4) is 5.75 Å². The number of nitrogens with one attached hydrogen (secondary N) is 1. The van der Waals surface area contributed by atoms with E-state index in [-0.39, 0.29) is 24.7 Å². The van der Waals surface area contributed by atoms with Crippen LogP contribution in [0.25, 0.3) is 0 Å². The molecule has 216 valence electrons. The van der Waals surface area contributed by atoms with Gasteiger partial charge in [0.05, 0.1) is 17.9 Å². The van der Waals surface area contributed by atoms with Crippen molar-refractivity contribution < 1.29 is 22.7 Å². The second kappa shape index (κ2) is 11.1. The van der Waals surface area contributed by atoms with Crippen LogP contribution < -0.4 is 20.1 Å². The van der Waals surface area contributed by atoms with Gasteiger partial charge in [0.1, 0.15) is 17.9 Å². The Morgan fingerprint density at radius 1 is 1.00 bits per heavy atom. The molecule has 0 spiro atoms. The first kappa shape index (κ1) is 27.2. The first-order chi connectivity index (χ1) is 20.3. The number of hydrogen-bond acceptors (Lipinski definition) is 8. The zero-order chi connectivity index (χ0) is 29.3. The number of H-pyrrole nitrogens is 1. The van der Waals surface area contributed by atoms with Crippen molar-refractivity contribution in [2.45, 2.75) is 18.8 Å². The molecule has 2 aliphatic heterocycles. The number of hydrogen-bond donors (Lipinski definition) is 1. The Morgan fingerprint density at radius 3 is 2.52 bits per heavy atom. The van der Waals surface area contributed by atoms with E-state index < -0.39 is 23.3 Å². The molecule has 2 aromatic carbocycles. The highest BCUT2D eigenvalue weighted by atomic mass is 19.4. The minimum Gasteiger partial charge on any atom is -0.491 e. The Labute approximate surface area is 238 Å². The zero-order valence-electron chi connectivity index (χ0n) is 22.3. The van der Waals surface area contributed by atoms with Crippen LogP contribution in [0.15, 0.2) is 78.0 Å². The van der Waals surface area contributed by atoms with Crippen molar-refractivity contribution in [3.63, 3.8) is 0 Å². The van der Waals surface area contributed by atoms with Crippen molar-refractivity contribution in [1.29, 1.82) is 0 Å². The predicted octanol–water partition coefficient (Wildman–Crippen LogP) is 3.68. The summed E-state index contributed by atoms with van der Waals surface area (Å²) in [6.07, 6.45) is -0.493. The van der Waals surface area contributed by atoms with Gasteiger partial charge in [-0.1, -0.05) is 30.3 Å². The fourth-order valence-corrected chi connectivity index (χ4v) is 5.42. The SMILES string of the molecule is O=C(c1cccc(OCC2c3ccccc3CN2c2cn[nH]c(=O)c2C(F)(F)F)c1)N1CCN(c2ncccn2)CC1. The monoisotopic (exact) mass is 577 g/mol. The second-order valence-corrected chi connectivity index (χ2v) is 9.97. The Morgan fingerprint density at radius 2 is 1.76 bits per heavy atom. The minimum atomic E-state index is -4.87. The van der Waals surface area contributed by atoms with Crippen LogP contribution in [0, 0.1) is 0 Å². The first-order valence-electron chi connectivity index (χ1n) is 13.3. The maximum atomic E-state index is 13.9. The summed E-state index contributed by atoms with van der Waals surface area (Å²) in [4.78, 5) is 39.3. The topological polar surface area (TPSA) is 108 Å². The molecule has 4 heterocycles. The lowest BCUT2D eigenvalue weighted by Gasteiger charge is -2.34. The molecule has 6 rings (SSSR count). The Bertz CT molecular complexity index is 1640. The molecule has 0 saturated carbocycles. The van der Waals surface area contributed by atoms with Crippen LogP contribution in [0.4, 0.5) is 24.8 Å². The van der Waals surface area contributed by atoms with Crippen LogP contribution in [0.1, 0.15) is 33.1 Å². The molecule has 10 nitrogen and oxygen atoms in total. The molecule has 2 aliphatic rings. The van der Waals surface area contributed by atoms with E-state index in [4.69, 9.17) is 4.74 Å². The predicted molar refractivity (Wildman–Crippen MR) is 147 cm³/mol. The largest absolute Gasteiger partial charge is 0.491 e. The van der Waals surface area contributed by atoms with Crippen molar-refractivity contribution in [2.75, 3.05) is 42.6 Å². The van der Waals surface area contributed by atoms with Gasteiger partial charge < -0.3 is 19.4 Å². The smallest absolute Gasteiger partial charge is 0.423 e. The summed E-state index contributed by atoms with van der Waals surface area (Å²) in [6.45, 7) is 2.33. The highest BCUT2D eigenvalue weighted by Crippen LogP contribution is 2.42. The molecule has 1 N–H and O–H groups in total. The number of amides is 1. The number of aromatic nitrogens is 4. The van der Waals surface area contributed by atoms with E-state index in [1.54, 1.807) is 53.7 Å². The number of halogens is 3. The molecule has 1 unspecified atom stereocenters. The number of alkyl halides is 3. The van der Waals surface area contributed by atoms with E-state index in [0.717, 1.165) is 17.3 Å². The van der Waals surface area contributed by atoms with Gasteiger partial charge >= 0.3 is 6.18 Å². The molecule has 1 atom stereocenters. The summed E-state index contributed by atoms with van der Waals surface area (Å²) >= 11 is 0. The lowest BCUT2D eigenvalue weighted by atomic mass is 10.1. The van der Waals surface area contributed by atoms with Gasteiger partial charge in [-0.3, -0.25) is 9.59 Å². The summed E-state index contributed by atoms with van der Waals surface area (Å²) < 4.78 is 47.8. The number of piperazine rings is 1. The van der Waals surface area contributed by atoms with Crippen LogP contribution in [-0.4, -0.2) is 63.8 Å². The fraction of sp³-hybridized carbons (Fsp3) is 0.276. The van der Waals surface area contributed by atoms with Gasteiger partial charge in [-0.15, -0.1) is 0 Å². The number of benzene rings is 2. The number of fused-ring (bicyclic) bond motifs is 1. The number of carbonyl (C=O) groups excluding carboxylic acids is 1. The summed E-state index contributed by atoms with van der Waals surface area (Å²) in [5, 5.41) is 5.53. The standard InChI is InChI=1S/C29H26F3N7O3/c30-29(31,32)25-23(16-35-36-26(25)40)39-17-20-5-1-2-8-22(20)24(39)18-42-21-7-3-6-19(15-21)27(41)37-11-13-38(14-12-37)28-33-9-4-10-34-28/h1-10,15-16,24H,11-14,17-18H2,(H,36,40). The number of aromatic amines is 1.